The number of hydrogen-bond donors (Lipinski definition) is 0. The van der Waals surface area contributed by atoms with Crippen molar-refractivity contribution in [2.75, 3.05) is 21.3 Å². The quantitative estimate of drug-likeness (QED) is 0.723. The van der Waals surface area contributed by atoms with Gasteiger partial charge in [0.2, 0.25) is 5.75 Å². The molecule has 2 aromatic carbocycles. The first-order valence-electron chi connectivity index (χ1n) is 6.67. The molecule has 2 aromatic rings. The molecule has 1 unspecified atom stereocenters. The van der Waals surface area contributed by atoms with E-state index in [1.165, 1.54) is 5.56 Å². The van der Waals surface area contributed by atoms with Crippen molar-refractivity contribution in [3.05, 3.63) is 53.6 Å². The van der Waals surface area contributed by atoms with Gasteiger partial charge in [-0.3, -0.25) is 0 Å². The van der Waals surface area contributed by atoms with Gasteiger partial charge in [-0.15, -0.1) is 0 Å². The molecule has 2 rings (SSSR count). The Labute approximate surface area is 134 Å². The molecule has 0 bridgehead atoms. The third-order valence-corrected chi connectivity index (χ3v) is 4.16. The molecular formula is C17H19BrO3. The summed E-state index contributed by atoms with van der Waals surface area (Å²) in [5.41, 5.74) is 2.36. The predicted octanol–water partition coefficient (Wildman–Crippen LogP) is 4.39. The van der Waals surface area contributed by atoms with Crippen LogP contribution >= 0.6 is 15.9 Å². The number of ether oxygens (including phenoxy) is 3. The third-order valence-electron chi connectivity index (χ3n) is 3.31. The average Bonchev–Trinajstić information content (AvgIpc) is 2.54. The van der Waals surface area contributed by atoms with Crippen LogP contribution in [0, 0.1) is 0 Å². The zero-order valence-electron chi connectivity index (χ0n) is 12.4. The average molecular weight is 351 g/mol. The lowest BCUT2D eigenvalue weighted by Gasteiger charge is -2.17. The van der Waals surface area contributed by atoms with Crippen LogP contribution in [0.2, 0.25) is 0 Å². The van der Waals surface area contributed by atoms with Crippen LogP contribution in [0.25, 0.3) is 0 Å². The summed E-state index contributed by atoms with van der Waals surface area (Å²) >= 11 is 3.74. The Morgan fingerprint density at radius 3 is 1.95 bits per heavy atom. The van der Waals surface area contributed by atoms with Crippen molar-refractivity contribution < 1.29 is 14.2 Å². The van der Waals surface area contributed by atoms with Gasteiger partial charge < -0.3 is 14.2 Å². The summed E-state index contributed by atoms with van der Waals surface area (Å²) in [7, 11) is 4.86. The first-order valence-corrected chi connectivity index (χ1v) is 7.59. The zero-order chi connectivity index (χ0) is 15.2. The molecular weight excluding hydrogens is 332 g/mol. The molecule has 0 aromatic heterocycles. The lowest BCUT2D eigenvalue weighted by molar-refractivity contribution is 0.324. The Hall–Kier alpha value is -1.68. The van der Waals surface area contributed by atoms with Crippen LogP contribution < -0.4 is 14.2 Å². The van der Waals surface area contributed by atoms with Crippen LogP contribution in [0.15, 0.2) is 42.5 Å². The molecule has 0 spiro atoms. The normalized spacial score (nSPS) is 11.8. The summed E-state index contributed by atoms with van der Waals surface area (Å²) in [4.78, 5) is 0.175. The van der Waals surface area contributed by atoms with Crippen molar-refractivity contribution in [3.8, 4) is 17.2 Å². The van der Waals surface area contributed by atoms with Gasteiger partial charge in [-0.05, 0) is 29.7 Å². The summed E-state index contributed by atoms with van der Waals surface area (Å²) in [5, 5.41) is 0. The highest BCUT2D eigenvalue weighted by Crippen LogP contribution is 2.41. The van der Waals surface area contributed by atoms with E-state index in [1.54, 1.807) is 21.3 Å². The summed E-state index contributed by atoms with van der Waals surface area (Å²) in [6, 6.07) is 14.3. The number of rotatable bonds is 6. The van der Waals surface area contributed by atoms with Gasteiger partial charge in [-0.25, -0.2) is 0 Å². The fourth-order valence-corrected chi connectivity index (χ4v) is 2.86. The molecule has 0 saturated heterocycles. The van der Waals surface area contributed by atoms with Gasteiger partial charge in [0.15, 0.2) is 11.5 Å². The monoisotopic (exact) mass is 350 g/mol. The molecule has 0 aliphatic carbocycles. The minimum atomic E-state index is 0.175. The fraction of sp³-hybridized carbons (Fsp3) is 0.294. The molecule has 0 amide bonds. The second-order valence-corrected chi connectivity index (χ2v) is 5.72. The van der Waals surface area contributed by atoms with Crippen LogP contribution in [-0.2, 0) is 6.42 Å². The van der Waals surface area contributed by atoms with E-state index < -0.39 is 0 Å². The molecule has 0 N–H and O–H groups in total. The third kappa shape index (κ3) is 3.70. The summed E-state index contributed by atoms with van der Waals surface area (Å²) in [6.45, 7) is 0. The van der Waals surface area contributed by atoms with Crippen molar-refractivity contribution >= 4 is 15.9 Å². The minimum absolute atomic E-state index is 0.175. The number of hydrogen-bond acceptors (Lipinski definition) is 3. The molecule has 0 heterocycles. The summed E-state index contributed by atoms with van der Waals surface area (Å²) < 4.78 is 16.1. The van der Waals surface area contributed by atoms with E-state index in [9.17, 15) is 0 Å². The van der Waals surface area contributed by atoms with Crippen molar-refractivity contribution in [1.82, 2.24) is 0 Å². The van der Waals surface area contributed by atoms with Crippen LogP contribution in [-0.4, -0.2) is 21.3 Å². The zero-order valence-corrected chi connectivity index (χ0v) is 14.0. The molecule has 0 aliphatic rings. The van der Waals surface area contributed by atoms with E-state index >= 15 is 0 Å². The maximum Gasteiger partial charge on any atom is 0.203 e. The molecule has 0 saturated carbocycles. The predicted molar refractivity (Wildman–Crippen MR) is 87.9 cm³/mol. The molecule has 112 valence electrons. The van der Waals surface area contributed by atoms with Gasteiger partial charge >= 0.3 is 0 Å². The van der Waals surface area contributed by atoms with E-state index in [1.807, 2.05) is 30.3 Å². The van der Waals surface area contributed by atoms with Crippen molar-refractivity contribution in [2.24, 2.45) is 0 Å². The van der Waals surface area contributed by atoms with Gasteiger partial charge in [0.1, 0.15) is 0 Å². The smallest absolute Gasteiger partial charge is 0.203 e. The standard InChI is InChI=1S/C17H19BrO3/c1-19-15-10-13(11-16(20-2)17(15)21-3)14(18)9-12-7-5-4-6-8-12/h4-8,10-11,14H,9H2,1-3H3. The lowest BCUT2D eigenvalue weighted by atomic mass is 10.0. The van der Waals surface area contributed by atoms with Gasteiger partial charge in [-0.2, -0.15) is 0 Å². The molecule has 0 fully saturated rings. The Kier molecular flexibility index (Phi) is 5.51. The summed E-state index contributed by atoms with van der Waals surface area (Å²) in [6.07, 6.45) is 0.888. The van der Waals surface area contributed by atoms with Crippen molar-refractivity contribution in [2.45, 2.75) is 11.2 Å². The molecule has 0 aliphatic heterocycles. The van der Waals surface area contributed by atoms with Gasteiger partial charge in [0, 0.05) is 4.83 Å². The van der Waals surface area contributed by atoms with E-state index in [0.29, 0.717) is 17.2 Å². The van der Waals surface area contributed by atoms with Crippen molar-refractivity contribution in [3.63, 3.8) is 0 Å². The largest absolute Gasteiger partial charge is 0.493 e. The number of alkyl halides is 1. The maximum atomic E-state index is 5.39. The maximum absolute atomic E-state index is 5.39. The van der Waals surface area contributed by atoms with E-state index in [4.69, 9.17) is 14.2 Å². The Morgan fingerprint density at radius 1 is 0.905 bits per heavy atom. The molecule has 3 nitrogen and oxygen atoms in total. The van der Waals surface area contributed by atoms with Crippen LogP contribution in [0.4, 0.5) is 0 Å². The molecule has 0 radical (unpaired) electrons. The lowest BCUT2D eigenvalue weighted by Crippen LogP contribution is -2.00. The Bertz CT molecular complexity index is 559. The first-order chi connectivity index (χ1) is 10.2. The highest BCUT2D eigenvalue weighted by molar-refractivity contribution is 9.09. The van der Waals surface area contributed by atoms with Crippen LogP contribution in [0.1, 0.15) is 16.0 Å². The highest BCUT2D eigenvalue weighted by Gasteiger charge is 2.17. The van der Waals surface area contributed by atoms with Crippen LogP contribution in [0.5, 0.6) is 17.2 Å². The summed E-state index contributed by atoms with van der Waals surface area (Å²) in [5.74, 6) is 1.96. The second-order valence-electron chi connectivity index (χ2n) is 4.62. The highest BCUT2D eigenvalue weighted by atomic mass is 79.9. The fourth-order valence-electron chi connectivity index (χ4n) is 2.22. The number of halogens is 1. The van der Waals surface area contributed by atoms with E-state index in [2.05, 4.69) is 28.1 Å². The van der Waals surface area contributed by atoms with Crippen molar-refractivity contribution in [1.29, 1.82) is 0 Å². The van der Waals surface area contributed by atoms with Gasteiger partial charge in [-0.1, -0.05) is 46.3 Å². The topological polar surface area (TPSA) is 27.7 Å². The van der Waals surface area contributed by atoms with Gasteiger partial charge in [0.25, 0.3) is 0 Å². The van der Waals surface area contributed by atoms with E-state index in [-0.39, 0.29) is 4.83 Å². The molecule has 21 heavy (non-hydrogen) atoms. The SMILES string of the molecule is COc1cc(C(Br)Cc2ccccc2)cc(OC)c1OC. The Balaban J connectivity index is 2.30. The number of methoxy groups -OCH3 is 3. The first kappa shape index (κ1) is 15.7. The second kappa shape index (κ2) is 7.36. The van der Waals surface area contributed by atoms with Gasteiger partial charge in [0.05, 0.1) is 21.3 Å². The minimum Gasteiger partial charge on any atom is -0.493 e. The van der Waals surface area contributed by atoms with Crippen LogP contribution in [0.3, 0.4) is 0 Å². The number of benzene rings is 2. The molecule has 1 atom stereocenters. The molecule has 4 heteroatoms. The Morgan fingerprint density at radius 2 is 1.48 bits per heavy atom. The van der Waals surface area contributed by atoms with E-state index in [0.717, 1.165) is 12.0 Å².